The van der Waals surface area contributed by atoms with E-state index in [1.165, 1.54) is 5.56 Å². The Morgan fingerprint density at radius 2 is 1.83 bits per heavy atom. The quantitative estimate of drug-likeness (QED) is 0.797. The van der Waals surface area contributed by atoms with Gasteiger partial charge in [0.2, 0.25) is 0 Å². The highest BCUT2D eigenvalue weighted by Gasteiger charge is 2.46. The van der Waals surface area contributed by atoms with Crippen LogP contribution in [0.4, 0.5) is 4.79 Å². The third-order valence-corrected chi connectivity index (χ3v) is 4.64. The summed E-state index contributed by atoms with van der Waals surface area (Å²) in [6.07, 6.45) is 0.0643. The van der Waals surface area contributed by atoms with Gasteiger partial charge in [-0.15, -0.1) is 0 Å². The molecular weight excluding hydrogens is 292 g/mol. The smallest absolute Gasteiger partial charge is 0.404 e. The minimum atomic E-state index is -1.08. The lowest BCUT2D eigenvalue weighted by molar-refractivity contribution is -0.0765. The molecule has 1 heterocycles. The van der Waals surface area contributed by atoms with Crippen LogP contribution in [0.1, 0.15) is 39.2 Å². The van der Waals surface area contributed by atoms with E-state index in [1.54, 1.807) is 0 Å². The molecule has 1 aromatic carbocycles. The molecule has 3 N–H and O–H groups in total. The molecular formula is C18H28N2O3. The lowest BCUT2D eigenvalue weighted by Gasteiger charge is -2.47. The van der Waals surface area contributed by atoms with Gasteiger partial charge in [-0.05, 0) is 23.8 Å². The molecule has 1 saturated heterocycles. The average Bonchev–Trinajstić information content (AvgIpc) is 2.47. The van der Waals surface area contributed by atoms with Gasteiger partial charge >= 0.3 is 6.09 Å². The molecule has 1 aliphatic rings. The van der Waals surface area contributed by atoms with Crippen molar-refractivity contribution < 1.29 is 15.0 Å². The summed E-state index contributed by atoms with van der Waals surface area (Å²) in [5.74, 6) is 0. The number of likely N-dealkylation sites (tertiary alicyclic amines) is 1. The summed E-state index contributed by atoms with van der Waals surface area (Å²) < 4.78 is 0. The van der Waals surface area contributed by atoms with E-state index in [1.807, 2.05) is 39.0 Å². The van der Waals surface area contributed by atoms with Crippen LogP contribution in [0.2, 0.25) is 0 Å². The zero-order valence-corrected chi connectivity index (χ0v) is 14.2. The number of aliphatic hydroxyl groups is 1. The average molecular weight is 320 g/mol. The Kier molecular flexibility index (Phi) is 5.32. The van der Waals surface area contributed by atoms with Gasteiger partial charge in [0.1, 0.15) is 0 Å². The van der Waals surface area contributed by atoms with Crippen molar-refractivity contribution in [2.24, 2.45) is 5.41 Å². The van der Waals surface area contributed by atoms with E-state index in [-0.39, 0.29) is 5.41 Å². The Morgan fingerprint density at radius 3 is 2.30 bits per heavy atom. The van der Waals surface area contributed by atoms with Gasteiger partial charge in [-0.3, -0.25) is 4.90 Å². The second kappa shape index (κ2) is 6.89. The molecule has 5 nitrogen and oxygen atoms in total. The standard InChI is InChI=1S/C18H28N2O3/c1-17(2,3)15(19-16(21)22)18(23)9-11-20(12-10-18)13-14-7-5-4-6-8-14/h4-8,15,19,23H,9-13H2,1-3H3,(H,21,22). The molecule has 0 aromatic heterocycles. The van der Waals surface area contributed by atoms with E-state index in [9.17, 15) is 9.90 Å². The Bertz CT molecular complexity index is 517. The van der Waals surface area contributed by atoms with Crippen molar-refractivity contribution in [3.8, 4) is 0 Å². The highest BCUT2D eigenvalue weighted by atomic mass is 16.4. The van der Waals surface area contributed by atoms with Gasteiger partial charge in [0.15, 0.2) is 0 Å². The fraction of sp³-hybridized carbons (Fsp3) is 0.611. The van der Waals surface area contributed by atoms with Crippen molar-refractivity contribution in [1.82, 2.24) is 10.2 Å². The van der Waals surface area contributed by atoms with Crippen molar-refractivity contribution in [3.05, 3.63) is 35.9 Å². The Labute approximate surface area is 138 Å². The minimum absolute atomic E-state index is 0.339. The molecule has 0 bridgehead atoms. The molecule has 23 heavy (non-hydrogen) atoms. The second-order valence-corrected chi connectivity index (χ2v) is 7.61. The summed E-state index contributed by atoms with van der Waals surface area (Å²) in [7, 11) is 0. The molecule has 1 aromatic rings. The highest BCUT2D eigenvalue weighted by Crippen LogP contribution is 2.35. The number of amides is 1. The molecule has 1 amide bonds. The zero-order chi connectivity index (χ0) is 17.1. The predicted molar refractivity (Wildman–Crippen MR) is 90.3 cm³/mol. The molecule has 0 spiro atoms. The first-order chi connectivity index (χ1) is 10.7. The van der Waals surface area contributed by atoms with E-state index in [0.29, 0.717) is 12.8 Å². The zero-order valence-electron chi connectivity index (χ0n) is 14.2. The Morgan fingerprint density at radius 1 is 1.26 bits per heavy atom. The number of piperidine rings is 1. The molecule has 1 unspecified atom stereocenters. The van der Waals surface area contributed by atoms with Gasteiger partial charge in [0.25, 0.3) is 0 Å². The van der Waals surface area contributed by atoms with Gasteiger partial charge in [-0.1, -0.05) is 51.1 Å². The molecule has 1 atom stereocenters. The first kappa shape index (κ1) is 17.8. The van der Waals surface area contributed by atoms with E-state index >= 15 is 0 Å². The first-order valence-electron chi connectivity index (χ1n) is 8.19. The normalized spacial score (nSPS) is 20.0. The van der Waals surface area contributed by atoms with Gasteiger partial charge in [0, 0.05) is 19.6 Å². The van der Waals surface area contributed by atoms with Crippen LogP contribution in [0, 0.1) is 5.41 Å². The number of carboxylic acid groups (broad SMARTS) is 1. The number of hydrogen-bond donors (Lipinski definition) is 3. The molecule has 0 saturated carbocycles. The number of nitrogens with one attached hydrogen (secondary N) is 1. The molecule has 0 radical (unpaired) electrons. The van der Waals surface area contributed by atoms with Crippen molar-refractivity contribution >= 4 is 6.09 Å². The number of hydrogen-bond acceptors (Lipinski definition) is 3. The number of benzene rings is 1. The van der Waals surface area contributed by atoms with E-state index in [2.05, 4.69) is 22.3 Å². The topological polar surface area (TPSA) is 72.8 Å². The van der Waals surface area contributed by atoms with Gasteiger partial charge in [0.05, 0.1) is 11.6 Å². The van der Waals surface area contributed by atoms with Crippen LogP contribution in [0.3, 0.4) is 0 Å². The van der Waals surface area contributed by atoms with Crippen LogP contribution in [-0.2, 0) is 6.54 Å². The summed E-state index contributed by atoms with van der Waals surface area (Å²) >= 11 is 0. The second-order valence-electron chi connectivity index (χ2n) is 7.61. The van der Waals surface area contributed by atoms with Crippen LogP contribution in [0.25, 0.3) is 0 Å². The molecule has 1 fully saturated rings. The summed E-state index contributed by atoms with van der Waals surface area (Å²) in [6, 6.07) is 9.79. The van der Waals surface area contributed by atoms with Gasteiger partial charge < -0.3 is 15.5 Å². The number of carbonyl (C=O) groups is 1. The molecule has 1 aliphatic heterocycles. The molecule has 128 valence electrons. The largest absolute Gasteiger partial charge is 0.465 e. The van der Waals surface area contributed by atoms with Crippen LogP contribution >= 0.6 is 0 Å². The predicted octanol–water partition coefficient (Wildman–Crippen LogP) is 2.70. The van der Waals surface area contributed by atoms with Crippen LogP contribution in [0.5, 0.6) is 0 Å². The van der Waals surface area contributed by atoms with Crippen molar-refractivity contribution in [1.29, 1.82) is 0 Å². The van der Waals surface area contributed by atoms with Crippen LogP contribution in [0.15, 0.2) is 30.3 Å². The maximum absolute atomic E-state index is 11.1. The van der Waals surface area contributed by atoms with E-state index in [4.69, 9.17) is 5.11 Å². The van der Waals surface area contributed by atoms with Crippen LogP contribution < -0.4 is 5.32 Å². The Hall–Kier alpha value is -1.59. The Balaban J connectivity index is 2.01. The number of nitrogens with zero attached hydrogens (tertiary/aromatic N) is 1. The maximum Gasteiger partial charge on any atom is 0.404 e. The third kappa shape index (κ3) is 4.69. The lowest BCUT2D eigenvalue weighted by Crippen LogP contribution is -2.62. The summed E-state index contributed by atoms with van der Waals surface area (Å²) in [6.45, 7) is 8.27. The fourth-order valence-electron chi connectivity index (χ4n) is 3.51. The van der Waals surface area contributed by atoms with Gasteiger partial charge in [-0.25, -0.2) is 4.79 Å². The van der Waals surface area contributed by atoms with Crippen molar-refractivity contribution in [2.75, 3.05) is 13.1 Å². The van der Waals surface area contributed by atoms with E-state index in [0.717, 1.165) is 19.6 Å². The van der Waals surface area contributed by atoms with Crippen molar-refractivity contribution in [2.45, 2.75) is 51.8 Å². The minimum Gasteiger partial charge on any atom is -0.465 e. The summed E-state index contributed by atoms with van der Waals surface area (Å²) in [5, 5.41) is 22.7. The van der Waals surface area contributed by atoms with Gasteiger partial charge in [-0.2, -0.15) is 0 Å². The summed E-state index contributed by atoms with van der Waals surface area (Å²) in [5.41, 5.74) is -0.0764. The summed E-state index contributed by atoms with van der Waals surface area (Å²) in [4.78, 5) is 13.4. The van der Waals surface area contributed by atoms with E-state index < -0.39 is 17.7 Å². The molecule has 0 aliphatic carbocycles. The lowest BCUT2D eigenvalue weighted by atomic mass is 9.72. The maximum atomic E-state index is 11.1. The SMILES string of the molecule is CC(C)(C)C(NC(=O)O)C1(O)CCN(Cc2ccccc2)CC1. The monoisotopic (exact) mass is 320 g/mol. The highest BCUT2D eigenvalue weighted by molar-refractivity contribution is 5.65. The van der Waals surface area contributed by atoms with Crippen molar-refractivity contribution in [3.63, 3.8) is 0 Å². The number of rotatable bonds is 4. The van der Waals surface area contributed by atoms with Crippen LogP contribution in [-0.4, -0.2) is 45.9 Å². The third-order valence-electron chi connectivity index (χ3n) is 4.64. The molecule has 2 rings (SSSR count). The molecule has 5 heteroatoms. The fourth-order valence-corrected chi connectivity index (χ4v) is 3.51. The first-order valence-corrected chi connectivity index (χ1v) is 8.19.